The summed E-state index contributed by atoms with van der Waals surface area (Å²) in [6, 6.07) is 20.7. The molecule has 1 aliphatic heterocycles. The number of nitrogens with zero attached hydrogens (tertiary/aromatic N) is 2. The average molecular weight is 476 g/mol. The molecular weight excluding hydrogens is 450 g/mol. The number of hydrogen-bond acceptors (Lipinski definition) is 6. The lowest BCUT2D eigenvalue weighted by atomic mass is 10.1. The van der Waals surface area contributed by atoms with Crippen LogP contribution in [0.3, 0.4) is 0 Å². The number of benzene rings is 2. The van der Waals surface area contributed by atoms with E-state index in [1.54, 1.807) is 43.4 Å². The number of furan rings is 1. The van der Waals surface area contributed by atoms with Crippen LogP contribution in [0.15, 0.2) is 88.1 Å². The minimum absolute atomic E-state index is 0.163. The maximum absolute atomic E-state index is 13.3. The molecular formula is C26H25N3O4S. The van der Waals surface area contributed by atoms with Gasteiger partial charge in [-0.2, -0.15) is 0 Å². The number of rotatable bonds is 8. The van der Waals surface area contributed by atoms with Gasteiger partial charge in [0.05, 0.1) is 31.7 Å². The van der Waals surface area contributed by atoms with E-state index in [0.717, 1.165) is 16.9 Å². The molecule has 0 bridgehead atoms. The van der Waals surface area contributed by atoms with Crippen LogP contribution < -0.4 is 10.1 Å². The van der Waals surface area contributed by atoms with Crippen molar-refractivity contribution in [3.8, 4) is 5.75 Å². The van der Waals surface area contributed by atoms with Gasteiger partial charge in [0, 0.05) is 0 Å². The number of hydrogen-bond donors (Lipinski definition) is 1. The van der Waals surface area contributed by atoms with Crippen LogP contribution in [0.1, 0.15) is 23.8 Å². The van der Waals surface area contributed by atoms with Crippen LogP contribution in [0.4, 0.5) is 0 Å². The molecule has 0 radical (unpaired) electrons. The van der Waals surface area contributed by atoms with E-state index >= 15 is 0 Å². The fraction of sp³-hybridized carbons (Fsp3) is 0.192. The molecule has 7 nitrogen and oxygen atoms in total. The second-order valence-electron chi connectivity index (χ2n) is 7.63. The van der Waals surface area contributed by atoms with E-state index in [0.29, 0.717) is 29.7 Å². The third kappa shape index (κ3) is 5.77. The van der Waals surface area contributed by atoms with Gasteiger partial charge in [-0.05, 0) is 48.4 Å². The first-order valence-corrected chi connectivity index (χ1v) is 11.7. The van der Waals surface area contributed by atoms with Crippen molar-refractivity contribution in [3.05, 3.63) is 95.6 Å². The van der Waals surface area contributed by atoms with Gasteiger partial charge in [0.1, 0.15) is 17.2 Å². The van der Waals surface area contributed by atoms with Gasteiger partial charge in [0.25, 0.3) is 5.91 Å². The third-order valence-corrected chi connectivity index (χ3v) is 6.27. The molecule has 1 N–H and O–H groups in total. The molecule has 174 valence electrons. The molecule has 0 fully saturated rings. The Balaban J connectivity index is 1.53. The van der Waals surface area contributed by atoms with E-state index in [9.17, 15) is 9.59 Å². The van der Waals surface area contributed by atoms with E-state index in [4.69, 9.17) is 9.15 Å². The number of aliphatic imine (C=N–C) groups is 1. The van der Waals surface area contributed by atoms with Crippen molar-refractivity contribution in [2.24, 2.45) is 4.99 Å². The first-order chi connectivity index (χ1) is 16.5. The van der Waals surface area contributed by atoms with E-state index in [-0.39, 0.29) is 11.8 Å². The van der Waals surface area contributed by atoms with E-state index in [2.05, 4.69) is 10.3 Å². The number of ether oxygens (including phenoxy) is 1. The summed E-state index contributed by atoms with van der Waals surface area (Å²) in [6.45, 7) is 2.46. The van der Waals surface area contributed by atoms with Crippen molar-refractivity contribution in [3.63, 3.8) is 0 Å². The standard InChI is InChI=1S/C26H25N3O4S/c1-18(24(30)27-16-22-9-6-14-33-22)34-26-28-23(15-19-10-12-21(32-2)13-11-19)25(31)29(26)17-20-7-4-3-5-8-20/h3-15,18H,16-17H2,1-2H3,(H,27,30)/b23-15-. The highest BCUT2D eigenvalue weighted by Crippen LogP contribution is 2.28. The summed E-state index contributed by atoms with van der Waals surface area (Å²) < 4.78 is 10.5. The molecule has 0 saturated heterocycles. The number of thioether (sulfide) groups is 1. The smallest absolute Gasteiger partial charge is 0.278 e. The van der Waals surface area contributed by atoms with E-state index in [1.807, 2.05) is 54.6 Å². The Morgan fingerprint density at radius 2 is 1.91 bits per heavy atom. The Hall–Kier alpha value is -3.78. The molecule has 34 heavy (non-hydrogen) atoms. The fourth-order valence-electron chi connectivity index (χ4n) is 3.33. The predicted octanol–water partition coefficient (Wildman–Crippen LogP) is 4.47. The molecule has 1 unspecified atom stereocenters. The SMILES string of the molecule is COc1ccc(/C=C2\N=C(SC(C)C(=O)NCc3ccco3)N(Cc3ccccc3)C2=O)cc1. The predicted molar refractivity (Wildman–Crippen MR) is 133 cm³/mol. The maximum Gasteiger partial charge on any atom is 0.278 e. The largest absolute Gasteiger partial charge is 0.497 e. The third-order valence-electron chi connectivity index (χ3n) is 5.18. The van der Waals surface area contributed by atoms with Crippen molar-refractivity contribution >= 4 is 34.8 Å². The summed E-state index contributed by atoms with van der Waals surface area (Å²) in [5, 5.41) is 2.89. The van der Waals surface area contributed by atoms with Gasteiger partial charge in [-0.15, -0.1) is 0 Å². The Morgan fingerprint density at radius 1 is 1.15 bits per heavy atom. The Kier molecular flexibility index (Phi) is 7.49. The van der Waals surface area contributed by atoms with Gasteiger partial charge < -0.3 is 14.5 Å². The molecule has 1 atom stereocenters. The summed E-state index contributed by atoms with van der Waals surface area (Å²) in [5.74, 6) is 1.04. The highest BCUT2D eigenvalue weighted by Gasteiger charge is 2.33. The van der Waals surface area contributed by atoms with Crippen molar-refractivity contribution in [2.75, 3.05) is 7.11 Å². The second kappa shape index (κ2) is 10.9. The molecule has 8 heteroatoms. The van der Waals surface area contributed by atoms with Crippen LogP contribution in [0.2, 0.25) is 0 Å². The number of methoxy groups -OCH3 is 1. The monoisotopic (exact) mass is 475 g/mol. The Bertz CT molecular complexity index is 1190. The molecule has 0 aliphatic carbocycles. The number of carbonyl (C=O) groups is 2. The molecule has 3 aromatic rings. The average Bonchev–Trinajstić information content (AvgIpc) is 3.48. The van der Waals surface area contributed by atoms with Crippen LogP contribution in [0.25, 0.3) is 6.08 Å². The molecule has 2 heterocycles. The van der Waals surface area contributed by atoms with Gasteiger partial charge in [-0.1, -0.05) is 54.2 Å². The number of amidine groups is 1. The van der Waals surface area contributed by atoms with Gasteiger partial charge in [-0.25, -0.2) is 4.99 Å². The van der Waals surface area contributed by atoms with E-state index in [1.165, 1.54) is 11.8 Å². The summed E-state index contributed by atoms with van der Waals surface area (Å²) >= 11 is 1.26. The van der Waals surface area contributed by atoms with Crippen molar-refractivity contribution in [2.45, 2.75) is 25.3 Å². The molecule has 0 spiro atoms. The summed E-state index contributed by atoms with van der Waals surface area (Å²) in [5.41, 5.74) is 2.14. The van der Waals surface area contributed by atoms with Crippen LogP contribution in [0, 0.1) is 0 Å². The highest BCUT2D eigenvalue weighted by molar-refractivity contribution is 8.14. The summed E-state index contributed by atoms with van der Waals surface area (Å²) in [7, 11) is 1.61. The maximum atomic E-state index is 13.3. The zero-order valence-electron chi connectivity index (χ0n) is 18.9. The first kappa shape index (κ1) is 23.4. The molecule has 0 saturated carbocycles. The number of amides is 2. The molecule has 1 aromatic heterocycles. The van der Waals surface area contributed by atoms with Crippen LogP contribution in [0.5, 0.6) is 5.75 Å². The molecule has 1 aliphatic rings. The number of nitrogens with one attached hydrogen (secondary N) is 1. The lowest BCUT2D eigenvalue weighted by Gasteiger charge is -2.20. The van der Waals surface area contributed by atoms with Gasteiger partial charge in [-0.3, -0.25) is 14.5 Å². The van der Waals surface area contributed by atoms with Crippen molar-refractivity contribution in [1.29, 1.82) is 0 Å². The summed E-state index contributed by atoms with van der Waals surface area (Å²) in [6.07, 6.45) is 3.31. The Morgan fingerprint density at radius 3 is 2.59 bits per heavy atom. The summed E-state index contributed by atoms with van der Waals surface area (Å²) in [4.78, 5) is 32.1. The van der Waals surface area contributed by atoms with Gasteiger partial charge in [0.15, 0.2) is 5.17 Å². The van der Waals surface area contributed by atoms with Gasteiger partial charge in [0.2, 0.25) is 5.91 Å². The Labute approximate surface area is 202 Å². The van der Waals surface area contributed by atoms with Crippen molar-refractivity contribution < 1.29 is 18.7 Å². The minimum atomic E-state index is -0.458. The zero-order chi connectivity index (χ0) is 23.9. The van der Waals surface area contributed by atoms with Gasteiger partial charge >= 0.3 is 0 Å². The number of carbonyl (C=O) groups excluding carboxylic acids is 2. The zero-order valence-corrected chi connectivity index (χ0v) is 19.7. The minimum Gasteiger partial charge on any atom is -0.497 e. The van der Waals surface area contributed by atoms with Crippen LogP contribution in [-0.4, -0.2) is 34.2 Å². The molecule has 4 rings (SSSR count). The fourth-order valence-corrected chi connectivity index (χ4v) is 4.26. The quantitative estimate of drug-likeness (QED) is 0.486. The molecule has 2 amide bonds. The lowest BCUT2D eigenvalue weighted by Crippen LogP contribution is -2.35. The highest BCUT2D eigenvalue weighted by atomic mass is 32.2. The van der Waals surface area contributed by atoms with Crippen LogP contribution >= 0.6 is 11.8 Å². The van der Waals surface area contributed by atoms with E-state index < -0.39 is 5.25 Å². The first-order valence-electron chi connectivity index (χ1n) is 10.8. The normalized spacial score (nSPS) is 15.4. The lowest BCUT2D eigenvalue weighted by molar-refractivity contribution is -0.123. The van der Waals surface area contributed by atoms with Crippen LogP contribution in [-0.2, 0) is 22.7 Å². The second-order valence-corrected chi connectivity index (χ2v) is 8.94. The molecule has 2 aromatic carbocycles. The van der Waals surface area contributed by atoms with Crippen molar-refractivity contribution in [1.82, 2.24) is 10.2 Å². The topological polar surface area (TPSA) is 84.1 Å².